The van der Waals surface area contributed by atoms with Gasteiger partial charge in [-0.05, 0) is 37.3 Å². The first-order valence-electron chi connectivity index (χ1n) is 6.81. The molecule has 0 spiro atoms. The summed E-state index contributed by atoms with van der Waals surface area (Å²) in [5, 5.41) is 0. The number of halogens is 1. The summed E-state index contributed by atoms with van der Waals surface area (Å²) < 4.78 is 40.5. The molecule has 0 saturated carbocycles. The average molecular weight is 300 g/mol. The van der Waals surface area contributed by atoms with E-state index in [0.29, 0.717) is 6.54 Å². The summed E-state index contributed by atoms with van der Waals surface area (Å²) in [6.45, 7) is 6.41. The van der Waals surface area contributed by atoms with E-state index in [2.05, 4.69) is 0 Å². The number of hydrogen-bond donors (Lipinski definition) is 1. The van der Waals surface area contributed by atoms with Crippen molar-refractivity contribution in [3.8, 4) is 0 Å². The Morgan fingerprint density at radius 2 is 1.95 bits per heavy atom. The summed E-state index contributed by atoms with van der Waals surface area (Å²) in [6.07, 6.45) is 0.992. The zero-order valence-corrected chi connectivity index (χ0v) is 12.8. The maximum atomic E-state index is 13.5. The third-order valence-electron chi connectivity index (χ3n) is 4.14. The Morgan fingerprint density at radius 1 is 1.30 bits per heavy atom. The molecule has 20 heavy (non-hydrogen) atoms. The molecule has 6 heteroatoms. The predicted octanol–water partition coefficient (Wildman–Crippen LogP) is 2.46. The Balaban J connectivity index is 2.46. The summed E-state index contributed by atoms with van der Waals surface area (Å²) in [7, 11) is -3.76. The first-order valence-corrected chi connectivity index (χ1v) is 8.25. The van der Waals surface area contributed by atoms with Gasteiger partial charge in [0.1, 0.15) is 10.7 Å². The lowest BCUT2D eigenvalue weighted by molar-refractivity contribution is 0.157. The number of nitrogens with zero attached hydrogens (tertiary/aromatic N) is 1. The topological polar surface area (TPSA) is 63.4 Å². The molecule has 2 N–H and O–H groups in total. The van der Waals surface area contributed by atoms with Crippen LogP contribution in [0.1, 0.15) is 27.2 Å². The fourth-order valence-electron chi connectivity index (χ4n) is 2.85. The molecule has 0 bridgehead atoms. The Hall–Kier alpha value is -1.14. The SMILES string of the molecule is CC1CC(C)C(C)N(S(=O)(=O)c2cccc(F)c2N)C1. The molecule has 1 aromatic carbocycles. The minimum absolute atomic E-state index is 0.112. The number of nitrogen functional groups attached to an aromatic ring is 1. The number of benzene rings is 1. The summed E-state index contributed by atoms with van der Waals surface area (Å²) in [4.78, 5) is -0.134. The van der Waals surface area contributed by atoms with E-state index in [9.17, 15) is 12.8 Å². The molecule has 4 nitrogen and oxygen atoms in total. The van der Waals surface area contributed by atoms with Gasteiger partial charge in [-0.3, -0.25) is 0 Å². The molecule has 0 radical (unpaired) electrons. The van der Waals surface area contributed by atoms with E-state index in [4.69, 9.17) is 5.73 Å². The number of nitrogens with two attached hydrogens (primary N) is 1. The van der Waals surface area contributed by atoms with Crippen molar-refractivity contribution >= 4 is 15.7 Å². The molecule has 1 fully saturated rings. The van der Waals surface area contributed by atoms with Gasteiger partial charge in [0.15, 0.2) is 0 Å². The van der Waals surface area contributed by atoms with Crippen LogP contribution >= 0.6 is 0 Å². The summed E-state index contributed by atoms with van der Waals surface area (Å²) in [5.74, 6) is -0.147. The monoisotopic (exact) mass is 300 g/mol. The highest BCUT2D eigenvalue weighted by Crippen LogP contribution is 2.33. The van der Waals surface area contributed by atoms with E-state index in [1.165, 1.54) is 22.5 Å². The van der Waals surface area contributed by atoms with Crippen LogP contribution in [0.2, 0.25) is 0 Å². The van der Waals surface area contributed by atoms with Crippen molar-refractivity contribution in [1.82, 2.24) is 4.31 Å². The van der Waals surface area contributed by atoms with Crippen LogP contribution in [-0.4, -0.2) is 25.3 Å². The van der Waals surface area contributed by atoms with E-state index in [0.717, 1.165) is 6.42 Å². The van der Waals surface area contributed by atoms with Crippen LogP contribution in [0.5, 0.6) is 0 Å². The van der Waals surface area contributed by atoms with Crippen LogP contribution < -0.4 is 5.73 Å². The van der Waals surface area contributed by atoms with Crippen molar-refractivity contribution in [2.75, 3.05) is 12.3 Å². The van der Waals surface area contributed by atoms with Gasteiger partial charge >= 0.3 is 0 Å². The predicted molar refractivity (Wildman–Crippen MR) is 77.1 cm³/mol. The maximum absolute atomic E-state index is 13.5. The zero-order chi connectivity index (χ0) is 15.1. The Kier molecular flexibility index (Phi) is 4.07. The molecule has 2 rings (SSSR count). The van der Waals surface area contributed by atoms with Gasteiger partial charge in [-0.1, -0.05) is 19.9 Å². The number of rotatable bonds is 2. The number of sulfonamides is 1. The Morgan fingerprint density at radius 3 is 2.60 bits per heavy atom. The van der Waals surface area contributed by atoms with Crippen molar-refractivity contribution in [2.24, 2.45) is 11.8 Å². The molecule has 1 aromatic rings. The normalized spacial score (nSPS) is 28.5. The minimum atomic E-state index is -3.76. The average Bonchev–Trinajstić information content (AvgIpc) is 2.36. The standard InChI is InChI=1S/C14H21FN2O2S/c1-9-7-10(2)11(3)17(8-9)20(18,19)13-6-4-5-12(15)14(13)16/h4-6,9-11H,7-8,16H2,1-3H3. The molecular weight excluding hydrogens is 279 g/mol. The lowest BCUT2D eigenvalue weighted by atomic mass is 9.88. The first kappa shape index (κ1) is 15.3. The fraction of sp³-hybridized carbons (Fsp3) is 0.571. The second kappa shape index (κ2) is 5.33. The number of anilines is 1. The van der Waals surface area contributed by atoms with E-state index in [-0.39, 0.29) is 28.5 Å². The van der Waals surface area contributed by atoms with Gasteiger partial charge in [0.25, 0.3) is 0 Å². The van der Waals surface area contributed by atoms with Crippen LogP contribution in [-0.2, 0) is 10.0 Å². The van der Waals surface area contributed by atoms with Gasteiger partial charge in [-0.15, -0.1) is 0 Å². The number of para-hydroxylation sites is 1. The molecule has 0 amide bonds. The molecule has 3 atom stereocenters. The maximum Gasteiger partial charge on any atom is 0.245 e. The van der Waals surface area contributed by atoms with Crippen LogP contribution in [0.4, 0.5) is 10.1 Å². The fourth-order valence-corrected chi connectivity index (χ4v) is 4.82. The largest absolute Gasteiger partial charge is 0.395 e. The number of hydrogen-bond acceptors (Lipinski definition) is 3. The Bertz CT molecular complexity index is 603. The molecule has 112 valence electrons. The van der Waals surface area contributed by atoms with Gasteiger partial charge in [0.05, 0.1) is 5.69 Å². The summed E-state index contributed by atoms with van der Waals surface area (Å²) >= 11 is 0. The second-order valence-electron chi connectivity index (χ2n) is 5.79. The van der Waals surface area contributed by atoms with Crippen LogP contribution in [0, 0.1) is 17.7 Å². The highest BCUT2D eigenvalue weighted by Gasteiger charge is 2.38. The molecule has 1 aliphatic rings. The van der Waals surface area contributed by atoms with E-state index in [1.54, 1.807) is 0 Å². The lowest BCUT2D eigenvalue weighted by Gasteiger charge is -2.40. The minimum Gasteiger partial charge on any atom is -0.395 e. The third-order valence-corrected chi connectivity index (χ3v) is 6.15. The Labute approximate surface area is 119 Å². The van der Waals surface area contributed by atoms with Gasteiger partial charge in [0.2, 0.25) is 10.0 Å². The molecule has 1 saturated heterocycles. The summed E-state index contributed by atoms with van der Waals surface area (Å²) in [5.41, 5.74) is 5.31. The molecule has 0 aromatic heterocycles. The van der Waals surface area contributed by atoms with Crippen LogP contribution in [0.15, 0.2) is 23.1 Å². The quantitative estimate of drug-likeness (QED) is 0.853. The van der Waals surface area contributed by atoms with Crippen molar-refractivity contribution < 1.29 is 12.8 Å². The second-order valence-corrected chi connectivity index (χ2v) is 7.64. The van der Waals surface area contributed by atoms with Crippen LogP contribution in [0.25, 0.3) is 0 Å². The number of piperidine rings is 1. The van der Waals surface area contributed by atoms with Gasteiger partial charge in [0, 0.05) is 12.6 Å². The first-order chi connectivity index (χ1) is 9.25. The van der Waals surface area contributed by atoms with Gasteiger partial charge < -0.3 is 5.73 Å². The molecule has 1 aliphatic heterocycles. The third kappa shape index (κ3) is 2.54. The van der Waals surface area contributed by atoms with Crippen molar-refractivity contribution in [2.45, 2.75) is 38.1 Å². The highest BCUT2D eigenvalue weighted by atomic mass is 32.2. The van der Waals surface area contributed by atoms with Crippen molar-refractivity contribution in [3.05, 3.63) is 24.0 Å². The highest BCUT2D eigenvalue weighted by molar-refractivity contribution is 7.89. The van der Waals surface area contributed by atoms with Gasteiger partial charge in [-0.2, -0.15) is 4.31 Å². The lowest BCUT2D eigenvalue weighted by Crippen LogP contribution is -2.48. The summed E-state index contributed by atoms with van der Waals surface area (Å²) in [6, 6.07) is 3.79. The van der Waals surface area contributed by atoms with Gasteiger partial charge in [-0.25, -0.2) is 12.8 Å². The molecule has 1 heterocycles. The van der Waals surface area contributed by atoms with E-state index in [1.807, 2.05) is 20.8 Å². The van der Waals surface area contributed by atoms with Crippen molar-refractivity contribution in [1.29, 1.82) is 0 Å². The molecule has 0 aliphatic carbocycles. The van der Waals surface area contributed by atoms with Crippen LogP contribution in [0.3, 0.4) is 0 Å². The van der Waals surface area contributed by atoms with Crippen molar-refractivity contribution in [3.63, 3.8) is 0 Å². The molecular formula is C14H21FN2O2S. The van der Waals surface area contributed by atoms with E-state index >= 15 is 0 Å². The van der Waals surface area contributed by atoms with E-state index < -0.39 is 15.8 Å². The smallest absolute Gasteiger partial charge is 0.245 e. The molecule has 3 unspecified atom stereocenters. The zero-order valence-electron chi connectivity index (χ0n) is 12.0.